The fourth-order valence-electron chi connectivity index (χ4n) is 3.15. The number of hydrogen-bond donors (Lipinski definition) is 1. The summed E-state index contributed by atoms with van der Waals surface area (Å²) in [4.78, 5) is 14.8. The van der Waals surface area contributed by atoms with Gasteiger partial charge in [-0.3, -0.25) is 4.79 Å². The molecule has 0 aromatic heterocycles. The van der Waals surface area contributed by atoms with E-state index < -0.39 is 0 Å². The SMILES string of the molecule is CCN(Cc1ccc(OC)cc1)C(=O)C1Cc2ccccc2CN1.Cl. The lowest BCUT2D eigenvalue weighted by Gasteiger charge is -2.30. The van der Waals surface area contributed by atoms with E-state index in [0.717, 1.165) is 24.3 Å². The zero-order valence-electron chi connectivity index (χ0n) is 14.7. The molecule has 1 heterocycles. The van der Waals surface area contributed by atoms with Crippen LogP contribution in [0, 0.1) is 0 Å². The van der Waals surface area contributed by atoms with Gasteiger partial charge in [0.05, 0.1) is 13.2 Å². The first-order valence-electron chi connectivity index (χ1n) is 8.43. The summed E-state index contributed by atoms with van der Waals surface area (Å²) in [7, 11) is 1.66. The fourth-order valence-corrected chi connectivity index (χ4v) is 3.15. The largest absolute Gasteiger partial charge is 0.497 e. The first-order valence-corrected chi connectivity index (χ1v) is 8.43. The molecule has 0 bridgehead atoms. The van der Waals surface area contributed by atoms with Crippen molar-refractivity contribution in [1.82, 2.24) is 10.2 Å². The third-order valence-corrected chi connectivity index (χ3v) is 4.61. The Labute approximate surface area is 155 Å². The van der Waals surface area contributed by atoms with E-state index in [1.54, 1.807) is 7.11 Å². The van der Waals surface area contributed by atoms with Crippen molar-refractivity contribution in [2.24, 2.45) is 0 Å². The minimum atomic E-state index is -0.141. The Balaban J connectivity index is 0.00000225. The molecule has 2 aromatic rings. The molecule has 2 aromatic carbocycles. The highest BCUT2D eigenvalue weighted by Crippen LogP contribution is 2.19. The van der Waals surface area contributed by atoms with Crippen molar-refractivity contribution in [2.75, 3.05) is 13.7 Å². The minimum Gasteiger partial charge on any atom is -0.497 e. The molecule has 25 heavy (non-hydrogen) atoms. The highest BCUT2D eigenvalue weighted by molar-refractivity contribution is 5.85. The third kappa shape index (κ3) is 4.53. The number of benzene rings is 2. The molecule has 3 rings (SSSR count). The quantitative estimate of drug-likeness (QED) is 0.890. The number of ether oxygens (including phenoxy) is 1. The lowest BCUT2D eigenvalue weighted by Crippen LogP contribution is -2.49. The van der Waals surface area contributed by atoms with Crippen LogP contribution < -0.4 is 10.1 Å². The van der Waals surface area contributed by atoms with Gasteiger partial charge in [-0.05, 0) is 42.2 Å². The Morgan fingerprint density at radius 1 is 1.16 bits per heavy atom. The van der Waals surface area contributed by atoms with Gasteiger partial charge >= 0.3 is 0 Å². The van der Waals surface area contributed by atoms with Gasteiger partial charge in [-0.25, -0.2) is 0 Å². The van der Waals surface area contributed by atoms with Crippen molar-refractivity contribution in [3.05, 3.63) is 65.2 Å². The Kier molecular flexibility index (Phi) is 6.85. The molecular weight excluding hydrogens is 336 g/mol. The number of rotatable bonds is 5. The molecule has 0 aliphatic carbocycles. The molecule has 1 aliphatic heterocycles. The predicted molar refractivity (Wildman–Crippen MR) is 102 cm³/mol. The van der Waals surface area contributed by atoms with Gasteiger partial charge in [-0.2, -0.15) is 0 Å². The molecular formula is C20H25ClN2O2. The van der Waals surface area contributed by atoms with E-state index in [1.807, 2.05) is 48.2 Å². The number of nitrogens with zero attached hydrogens (tertiary/aromatic N) is 1. The van der Waals surface area contributed by atoms with Gasteiger partial charge in [-0.15, -0.1) is 12.4 Å². The molecule has 0 saturated carbocycles. The maximum atomic E-state index is 12.9. The summed E-state index contributed by atoms with van der Waals surface area (Å²) < 4.78 is 5.19. The number of fused-ring (bicyclic) bond motifs is 1. The summed E-state index contributed by atoms with van der Waals surface area (Å²) >= 11 is 0. The molecule has 4 nitrogen and oxygen atoms in total. The molecule has 5 heteroatoms. The van der Waals surface area contributed by atoms with Crippen LogP contribution in [0.5, 0.6) is 5.75 Å². The Morgan fingerprint density at radius 2 is 1.84 bits per heavy atom. The second-order valence-corrected chi connectivity index (χ2v) is 6.11. The zero-order valence-corrected chi connectivity index (χ0v) is 15.5. The summed E-state index contributed by atoms with van der Waals surface area (Å²) in [5.41, 5.74) is 3.68. The minimum absolute atomic E-state index is 0. The lowest BCUT2D eigenvalue weighted by atomic mass is 9.95. The third-order valence-electron chi connectivity index (χ3n) is 4.61. The van der Waals surface area contributed by atoms with E-state index in [2.05, 4.69) is 17.4 Å². The topological polar surface area (TPSA) is 41.6 Å². The molecule has 1 aliphatic rings. The van der Waals surface area contributed by atoms with Crippen molar-refractivity contribution in [2.45, 2.75) is 32.5 Å². The number of hydrogen-bond acceptors (Lipinski definition) is 3. The average Bonchev–Trinajstić information content (AvgIpc) is 2.65. The van der Waals surface area contributed by atoms with Crippen LogP contribution in [0.1, 0.15) is 23.6 Å². The number of amides is 1. The van der Waals surface area contributed by atoms with Gasteiger partial charge in [0.2, 0.25) is 5.91 Å². The van der Waals surface area contributed by atoms with Crippen LogP contribution in [-0.4, -0.2) is 30.5 Å². The fraction of sp³-hybridized carbons (Fsp3) is 0.350. The van der Waals surface area contributed by atoms with E-state index >= 15 is 0 Å². The summed E-state index contributed by atoms with van der Waals surface area (Å²) in [6.45, 7) is 4.11. The van der Waals surface area contributed by atoms with Crippen molar-refractivity contribution >= 4 is 18.3 Å². The smallest absolute Gasteiger partial charge is 0.240 e. The Hall–Kier alpha value is -2.04. The Morgan fingerprint density at radius 3 is 2.48 bits per heavy atom. The molecule has 1 atom stereocenters. The Bertz CT molecular complexity index is 703. The van der Waals surface area contributed by atoms with Crippen LogP contribution in [0.15, 0.2) is 48.5 Å². The van der Waals surface area contributed by atoms with Gasteiger partial charge in [0.1, 0.15) is 5.75 Å². The molecule has 1 unspecified atom stereocenters. The molecule has 1 N–H and O–H groups in total. The van der Waals surface area contributed by atoms with E-state index in [9.17, 15) is 4.79 Å². The summed E-state index contributed by atoms with van der Waals surface area (Å²) in [5.74, 6) is 1.00. The average molecular weight is 361 g/mol. The second kappa shape index (κ2) is 8.88. The van der Waals surface area contributed by atoms with Crippen LogP contribution in [0.4, 0.5) is 0 Å². The maximum absolute atomic E-state index is 12.9. The first kappa shape index (κ1) is 19.3. The van der Waals surface area contributed by atoms with Gasteiger partial charge in [0.15, 0.2) is 0 Å². The summed E-state index contributed by atoms with van der Waals surface area (Å²) in [6, 6.07) is 16.1. The second-order valence-electron chi connectivity index (χ2n) is 6.11. The van der Waals surface area contributed by atoms with Crippen LogP contribution in [0.2, 0.25) is 0 Å². The number of carbonyl (C=O) groups excluding carboxylic acids is 1. The summed E-state index contributed by atoms with van der Waals surface area (Å²) in [6.07, 6.45) is 0.758. The van der Waals surface area contributed by atoms with Crippen molar-refractivity contribution in [1.29, 1.82) is 0 Å². The number of halogens is 1. The van der Waals surface area contributed by atoms with Gasteiger partial charge in [0.25, 0.3) is 0 Å². The van der Waals surface area contributed by atoms with Gasteiger partial charge < -0.3 is 15.0 Å². The molecule has 134 valence electrons. The van der Waals surface area contributed by atoms with Crippen LogP contribution in [0.25, 0.3) is 0 Å². The number of methoxy groups -OCH3 is 1. The van der Waals surface area contributed by atoms with E-state index in [0.29, 0.717) is 13.1 Å². The monoisotopic (exact) mass is 360 g/mol. The van der Waals surface area contributed by atoms with Gasteiger partial charge in [-0.1, -0.05) is 36.4 Å². The lowest BCUT2D eigenvalue weighted by molar-refractivity contribution is -0.134. The molecule has 0 spiro atoms. The zero-order chi connectivity index (χ0) is 16.9. The summed E-state index contributed by atoms with van der Waals surface area (Å²) in [5, 5.41) is 3.38. The van der Waals surface area contributed by atoms with Crippen LogP contribution >= 0.6 is 12.4 Å². The van der Waals surface area contributed by atoms with Crippen molar-refractivity contribution in [3.63, 3.8) is 0 Å². The molecule has 0 fully saturated rings. The molecule has 0 radical (unpaired) electrons. The predicted octanol–water partition coefficient (Wildman–Crippen LogP) is 3.18. The normalized spacial score (nSPS) is 15.7. The number of carbonyl (C=O) groups is 1. The van der Waals surface area contributed by atoms with Crippen molar-refractivity contribution < 1.29 is 9.53 Å². The van der Waals surface area contributed by atoms with Crippen molar-refractivity contribution in [3.8, 4) is 5.75 Å². The molecule has 1 amide bonds. The number of nitrogens with one attached hydrogen (secondary N) is 1. The highest BCUT2D eigenvalue weighted by atomic mass is 35.5. The van der Waals surface area contributed by atoms with E-state index in [1.165, 1.54) is 11.1 Å². The maximum Gasteiger partial charge on any atom is 0.240 e. The number of likely N-dealkylation sites (N-methyl/N-ethyl adjacent to an activating group) is 1. The van der Waals surface area contributed by atoms with Gasteiger partial charge in [0, 0.05) is 19.6 Å². The standard InChI is InChI=1S/C20H24N2O2.ClH/c1-3-22(14-15-8-10-18(24-2)11-9-15)20(23)19-12-16-6-4-5-7-17(16)13-21-19;/h4-11,19,21H,3,12-14H2,1-2H3;1H. The van der Waals surface area contributed by atoms with E-state index in [4.69, 9.17) is 4.74 Å². The van der Waals surface area contributed by atoms with Crippen LogP contribution in [-0.2, 0) is 24.3 Å². The van der Waals surface area contributed by atoms with E-state index in [-0.39, 0.29) is 24.4 Å². The highest BCUT2D eigenvalue weighted by Gasteiger charge is 2.27. The first-order chi connectivity index (χ1) is 11.7. The molecule has 0 saturated heterocycles. The van der Waals surface area contributed by atoms with Crippen LogP contribution in [0.3, 0.4) is 0 Å².